The van der Waals surface area contributed by atoms with Crippen LogP contribution in [0.4, 0.5) is 0 Å². The third-order valence-electron chi connectivity index (χ3n) is 3.33. The molecular weight excluding hydrogens is 292 g/mol. The zero-order valence-corrected chi connectivity index (χ0v) is 12.7. The van der Waals surface area contributed by atoms with Crippen molar-refractivity contribution in [2.45, 2.75) is 43.6 Å². The number of aliphatic hydroxyl groups excluding tert-OH is 4. The van der Waals surface area contributed by atoms with Crippen LogP contribution in [0.3, 0.4) is 0 Å². The van der Waals surface area contributed by atoms with Crippen LogP contribution < -0.4 is 5.43 Å². The fraction of sp³-hybridized carbons (Fsp3) is 0.500. The number of nitrogens with zero attached hydrogens (tertiary/aromatic N) is 1. The molecule has 7 heteroatoms. The first-order valence-corrected chi connectivity index (χ1v) is 7.57. The largest absolute Gasteiger partial charge is 0.391 e. The van der Waals surface area contributed by atoms with Gasteiger partial charge >= 0.3 is 0 Å². The molecule has 0 bridgehead atoms. The van der Waals surface area contributed by atoms with E-state index in [1.54, 1.807) is 0 Å². The van der Waals surface area contributed by atoms with Gasteiger partial charge in [-0.25, -0.2) is 0 Å². The predicted molar refractivity (Wildman–Crippen MR) is 81.9 cm³/mol. The van der Waals surface area contributed by atoms with E-state index in [1.165, 1.54) is 18.7 Å². The predicted octanol–water partition coefficient (Wildman–Crippen LogP) is -0.217. The summed E-state index contributed by atoms with van der Waals surface area (Å²) in [5, 5.41) is 43.0. The van der Waals surface area contributed by atoms with Gasteiger partial charge in [0.15, 0.2) is 0 Å². The Hall–Kier alpha value is -1.12. The number of aryl methyl sites for hydroxylation is 1. The van der Waals surface area contributed by atoms with Crippen molar-refractivity contribution in [3.8, 4) is 0 Å². The van der Waals surface area contributed by atoms with Gasteiger partial charge in [-0.2, -0.15) is 5.10 Å². The Kier molecular flexibility index (Phi) is 5.23. The maximum absolute atomic E-state index is 10.1. The molecule has 1 aromatic rings. The molecule has 0 fully saturated rings. The summed E-state index contributed by atoms with van der Waals surface area (Å²) in [6, 6.07) is 7.79. The number of hydrogen-bond acceptors (Lipinski definition) is 7. The molecule has 0 amide bonds. The number of hydrogen-bond donors (Lipinski definition) is 5. The highest BCUT2D eigenvalue weighted by Gasteiger charge is 2.36. The van der Waals surface area contributed by atoms with E-state index in [4.69, 9.17) is 0 Å². The van der Waals surface area contributed by atoms with E-state index in [0.29, 0.717) is 5.04 Å². The highest BCUT2D eigenvalue weighted by atomic mass is 32.2. The lowest BCUT2D eigenvalue weighted by molar-refractivity contribution is -0.101. The Balaban J connectivity index is 1.99. The van der Waals surface area contributed by atoms with Gasteiger partial charge in [0, 0.05) is 5.56 Å². The normalized spacial score (nSPS) is 23.9. The van der Waals surface area contributed by atoms with E-state index in [2.05, 4.69) is 10.5 Å². The second-order valence-corrected chi connectivity index (χ2v) is 6.29. The molecule has 1 aromatic carbocycles. The molecular formula is C14H20N2O4S. The molecule has 2 rings (SSSR count). The van der Waals surface area contributed by atoms with Crippen molar-refractivity contribution < 1.29 is 20.4 Å². The molecule has 5 atom stereocenters. The molecule has 1 aliphatic rings. The number of benzene rings is 1. The van der Waals surface area contributed by atoms with Crippen LogP contribution >= 0.6 is 11.8 Å². The van der Waals surface area contributed by atoms with E-state index < -0.39 is 29.8 Å². The van der Waals surface area contributed by atoms with Gasteiger partial charge in [0.1, 0.15) is 28.7 Å². The molecule has 0 aliphatic carbocycles. The van der Waals surface area contributed by atoms with Crippen molar-refractivity contribution in [1.29, 1.82) is 0 Å². The first kappa shape index (κ1) is 16.3. The molecule has 0 spiro atoms. The monoisotopic (exact) mass is 312 g/mol. The Labute approximate surface area is 127 Å². The lowest BCUT2D eigenvalue weighted by Crippen LogP contribution is -2.49. The second-order valence-electron chi connectivity index (χ2n) is 5.16. The first-order chi connectivity index (χ1) is 9.90. The number of nitrogens with one attached hydrogen (secondary N) is 1. The first-order valence-electron chi connectivity index (χ1n) is 6.69. The van der Waals surface area contributed by atoms with Crippen molar-refractivity contribution >= 4 is 16.8 Å². The molecule has 0 saturated carbocycles. The van der Waals surface area contributed by atoms with Crippen molar-refractivity contribution in [2.24, 2.45) is 5.10 Å². The van der Waals surface area contributed by atoms with Crippen molar-refractivity contribution in [3.63, 3.8) is 0 Å². The standard InChI is InChI=1S/C14H20N2O4S/c1-7-3-5-9(6-4-7)13-15-16-14(21-13)12(20)11(19)10(18)8(2)17/h3-6,8,10-12,14,16-20H,1-2H3/t8-,10-,11-,12+,14-/m1/s1. The summed E-state index contributed by atoms with van der Waals surface area (Å²) in [6.45, 7) is 3.34. The molecule has 0 saturated heterocycles. The third-order valence-corrected chi connectivity index (χ3v) is 4.52. The molecule has 6 nitrogen and oxygen atoms in total. The average molecular weight is 312 g/mol. The molecule has 116 valence electrons. The zero-order valence-electron chi connectivity index (χ0n) is 11.8. The summed E-state index contributed by atoms with van der Waals surface area (Å²) in [4.78, 5) is 0. The van der Waals surface area contributed by atoms with Gasteiger partial charge in [0.05, 0.1) is 6.10 Å². The number of aliphatic hydroxyl groups is 4. The van der Waals surface area contributed by atoms with Crippen molar-refractivity contribution in [2.75, 3.05) is 0 Å². The minimum Gasteiger partial charge on any atom is -0.391 e. The van der Waals surface area contributed by atoms with Gasteiger partial charge in [0.2, 0.25) is 0 Å². The minimum atomic E-state index is -1.46. The number of rotatable bonds is 5. The SMILES string of the molecule is Cc1ccc(C2=NN[C@@H]([C@@H](O)[C@H](O)[C@H](O)[C@@H](C)O)S2)cc1. The molecule has 0 unspecified atom stereocenters. The van der Waals surface area contributed by atoms with Crippen LogP contribution in [0.1, 0.15) is 18.1 Å². The average Bonchev–Trinajstić information content (AvgIpc) is 2.95. The van der Waals surface area contributed by atoms with Gasteiger partial charge in [-0.05, 0) is 13.8 Å². The van der Waals surface area contributed by atoms with Crippen molar-refractivity contribution in [1.82, 2.24) is 5.43 Å². The summed E-state index contributed by atoms with van der Waals surface area (Å²) in [5.41, 5.74) is 4.80. The Morgan fingerprint density at radius 1 is 1.10 bits per heavy atom. The van der Waals surface area contributed by atoms with Crippen LogP contribution in [0.2, 0.25) is 0 Å². The van der Waals surface area contributed by atoms with Crippen LogP contribution in [0, 0.1) is 6.92 Å². The molecule has 21 heavy (non-hydrogen) atoms. The van der Waals surface area contributed by atoms with Gasteiger partial charge < -0.3 is 20.4 Å². The highest BCUT2D eigenvalue weighted by molar-refractivity contribution is 8.15. The maximum Gasteiger partial charge on any atom is 0.125 e. The Morgan fingerprint density at radius 3 is 2.29 bits per heavy atom. The van der Waals surface area contributed by atoms with Gasteiger partial charge in [-0.3, -0.25) is 5.43 Å². The van der Waals surface area contributed by atoms with E-state index in [1.807, 2.05) is 31.2 Å². The summed E-state index contributed by atoms with van der Waals surface area (Å²) in [5.74, 6) is 0. The molecule has 5 N–H and O–H groups in total. The minimum absolute atomic E-state index is 0.579. The van der Waals surface area contributed by atoms with Gasteiger partial charge in [-0.1, -0.05) is 41.6 Å². The van der Waals surface area contributed by atoms with Crippen LogP contribution in [-0.4, -0.2) is 55.3 Å². The lowest BCUT2D eigenvalue weighted by Gasteiger charge is -2.27. The fourth-order valence-electron chi connectivity index (χ4n) is 1.94. The Morgan fingerprint density at radius 2 is 1.71 bits per heavy atom. The van der Waals surface area contributed by atoms with Gasteiger partial charge in [-0.15, -0.1) is 0 Å². The van der Waals surface area contributed by atoms with Crippen LogP contribution in [0.25, 0.3) is 0 Å². The summed E-state index contributed by atoms with van der Waals surface area (Å²) in [7, 11) is 0. The third kappa shape index (κ3) is 3.75. The molecule has 1 heterocycles. The number of thioether (sulfide) groups is 1. The van der Waals surface area contributed by atoms with E-state index in [-0.39, 0.29) is 0 Å². The van der Waals surface area contributed by atoms with E-state index in [9.17, 15) is 20.4 Å². The summed E-state index contributed by atoms with van der Waals surface area (Å²) >= 11 is 1.27. The van der Waals surface area contributed by atoms with Crippen LogP contribution in [0.15, 0.2) is 29.4 Å². The van der Waals surface area contributed by atoms with Crippen molar-refractivity contribution in [3.05, 3.63) is 35.4 Å². The zero-order chi connectivity index (χ0) is 15.6. The van der Waals surface area contributed by atoms with E-state index in [0.717, 1.165) is 11.1 Å². The van der Waals surface area contributed by atoms with Gasteiger partial charge in [0.25, 0.3) is 0 Å². The topological polar surface area (TPSA) is 105 Å². The highest BCUT2D eigenvalue weighted by Crippen LogP contribution is 2.27. The summed E-state index contributed by atoms with van der Waals surface area (Å²) < 4.78 is 0. The van der Waals surface area contributed by atoms with E-state index >= 15 is 0 Å². The molecule has 1 aliphatic heterocycles. The lowest BCUT2D eigenvalue weighted by atomic mass is 10.0. The summed E-state index contributed by atoms with van der Waals surface area (Å²) in [6.07, 6.45) is -5.25. The van der Waals surface area contributed by atoms with Crippen LogP contribution in [0.5, 0.6) is 0 Å². The molecule has 0 aromatic heterocycles. The fourth-order valence-corrected chi connectivity index (χ4v) is 2.96. The second kappa shape index (κ2) is 6.76. The molecule has 0 radical (unpaired) electrons. The number of hydrazone groups is 1. The van der Waals surface area contributed by atoms with Crippen LogP contribution in [-0.2, 0) is 0 Å². The quantitative estimate of drug-likeness (QED) is 0.515. The Bertz CT molecular complexity index is 506. The maximum atomic E-state index is 10.1. The smallest absolute Gasteiger partial charge is 0.125 e.